The summed E-state index contributed by atoms with van der Waals surface area (Å²) in [6, 6.07) is 5.71. The minimum atomic E-state index is -0.662. The van der Waals surface area contributed by atoms with Crippen LogP contribution in [0, 0.1) is 13.8 Å². The van der Waals surface area contributed by atoms with Crippen LogP contribution in [0.15, 0.2) is 42.7 Å². The molecule has 0 saturated heterocycles. The fourth-order valence-corrected chi connectivity index (χ4v) is 3.92. The SMILES string of the molecule is COc1cc(C)c2c(OC)cc(=O)oc2c1-c1c(O)cc(C)c2c(OC)cc(=O)oc12. The van der Waals surface area contributed by atoms with Crippen LogP contribution in [-0.2, 0) is 0 Å². The van der Waals surface area contributed by atoms with Crippen molar-refractivity contribution in [1.29, 1.82) is 0 Å². The summed E-state index contributed by atoms with van der Waals surface area (Å²) >= 11 is 0. The van der Waals surface area contributed by atoms with Gasteiger partial charge in [0.2, 0.25) is 0 Å². The fourth-order valence-electron chi connectivity index (χ4n) is 3.92. The standard InChI is InChI=1S/C23H20O8/c1-10-6-12(24)20(22-18(10)14(28-4)8-16(25)30-22)21-13(27-3)7-11(2)19-15(29-5)9-17(26)31-23(19)21/h6-9,24H,1-5H3. The van der Waals surface area contributed by atoms with Crippen LogP contribution in [0.4, 0.5) is 0 Å². The highest BCUT2D eigenvalue weighted by molar-refractivity contribution is 6.09. The summed E-state index contributed by atoms with van der Waals surface area (Å²) in [7, 11) is 4.33. The highest BCUT2D eigenvalue weighted by atomic mass is 16.5. The summed E-state index contributed by atoms with van der Waals surface area (Å²) in [5, 5.41) is 12.0. The molecule has 0 radical (unpaired) electrons. The Balaban J connectivity index is 2.32. The van der Waals surface area contributed by atoms with Crippen LogP contribution in [0.3, 0.4) is 0 Å². The van der Waals surface area contributed by atoms with Gasteiger partial charge in [0.05, 0.1) is 55.4 Å². The molecule has 0 saturated carbocycles. The van der Waals surface area contributed by atoms with Gasteiger partial charge in [0.15, 0.2) is 11.2 Å². The van der Waals surface area contributed by atoms with Gasteiger partial charge in [0.1, 0.15) is 23.0 Å². The van der Waals surface area contributed by atoms with Crippen LogP contribution >= 0.6 is 0 Å². The average Bonchev–Trinajstić information content (AvgIpc) is 2.73. The van der Waals surface area contributed by atoms with E-state index in [9.17, 15) is 14.7 Å². The number of hydrogen-bond donors (Lipinski definition) is 1. The molecule has 4 aromatic rings. The Morgan fingerprint density at radius 2 is 1.13 bits per heavy atom. The normalized spacial score (nSPS) is 11.1. The molecule has 0 aliphatic heterocycles. The van der Waals surface area contributed by atoms with E-state index in [1.807, 2.05) is 6.92 Å². The van der Waals surface area contributed by atoms with Crippen LogP contribution in [0.1, 0.15) is 11.1 Å². The van der Waals surface area contributed by atoms with Crippen molar-refractivity contribution in [2.45, 2.75) is 13.8 Å². The molecule has 0 aliphatic carbocycles. The van der Waals surface area contributed by atoms with Crippen molar-refractivity contribution in [3.63, 3.8) is 0 Å². The van der Waals surface area contributed by atoms with Gasteiger partial charge in [-0.15, -0.1) is 0 Å². The van der Waals surface area contributed by atoms with Crippen molar-refractivity contribution >= 4 is 21.9 Å². The van der Waals surface area contributed by atoms with Crippen LogP contribution in [0.2, 0.25) is 0 Å². The molecule has 4 rings (SSSR count). The van der Waals surface area contributed by atoms with Gasteiger partial charge < -0.3 is 28.2 Å². The summed E-state index contributed by atoms with van der Waals surface area (Å²) in [5.41, 5.74) is 0.645. The number of aryl methyl sites for hydroxylation is 2. The van der Waals surface area contributed by atoms with Crippen molar-refractivity contribution in [2.24, 2.45) is 0 Å². The van der Waals surface area contributed by atoms with E-state index in [-0.39, 0.29) is 28.0 Å². The Kier molecular flexibility index (Phi) is 4.85. The Hall–Kier alpha value is -3.94. The number of methoxy groups -OCH3 is 3. The summed E-state index contributed by atoms with van der Waals surface area (Å²) in [4.78, 5) is 24.5. The zero-order chi connectivity index (χ0) is 22.4. The second-order valence-electron chi connectivity index (χ2n) is 7.03. The first-order valence-corrected chi connectivity index (χ1v) is 9.34. The van der Waals surface area contributed by atoms with Gasteiger partial charge in [-0.2, -0.15) is 0 Å². The number of benzene rings is 2. The fraction of sp³-hybridized carbons (Fsp3) is 0.217. The molecular formula is C23H20O8. The molecule has 1 N–H and O–H groups in total. The van der Waals surface area contributed by atoms with E-state index in [1.54, 1.807) is 13.0 Å². The van der Waals surface area contributed by atoms with Crippen molar-refractivity contribution < 1.29 is 28.2 Å². The van der Waals surface area contributed by atoms with Crippen molar-refractivity contribution in [3.8, 4) is 34.1 Å². The molecule has 0 atom stereocenters. The zero-order valence-corrected chi connectivity index (χ0v) is 17.6. The minimum absolute atomic E-state index is 0.0794. The summed E-state index contributed by atoms with van der Waals surface area (Å²) in [6.07, 6.45) is 0. The lowest BCUT2D eigenvalue weighted by atomic mass is 9.94. The maximum Gasteiger partial charge on any atom is 0.339 e. The molecule has 0 bridgehead atoms. The predicted octanol–water partition coefficient (Wildman–Crippen LogP) is 3.91. The third kappa shape index (κ3) is 3.07. The third-order valence-corrected chi connectivity index (χ3v) is 5.21. The van der Waals surface area contributed by atoms with E-state index in [4.69, 9.17) is 23.0 Å². The molecule has 2 heterocycles. The van der Waals surface area contributed by atoms with Crippen LogP contribution in [0.5, 0.6) is 23.0 Å². The number of aromatic hydroxyl groups is 1. The van der Waals surface area contributed by atoms with Crippen LogP contribution in [-0.4, -0.2) is 26.4 Å². The third-order valence-electron chi connectivity index (χ3n) is 5.21. The molecule has 0 unspecified atom stereocenters. The second-order valence-corrected chi connectivity index (χ2v) is 7.03. The van der Waals surface area contributed by atoms with Crippen molar-refractivity contribution in [1.82, 2.24) is 0 Å². The first-order chi connectivity index (χ1) is 14.8. The molecule has 2 aromatic heterocycles. The van der Waals surface area contributed by atoms with Crippen LogP contribution < -0.4 is 25.5 Å². The molecule has 0 spiro atoms. The van der Waals surface area contributed by atoms with E-state index in [2.05, 4.69) is 0 Å². The average molecular weight is 424 g/mol. The van der Waals surface area contributed by atoms with E-state index in [0.29, 0.717) is 33.6 Å². The molecule has 0 aliphatic rings. The Bertz CT molecular complexity index is 1460. The summed E-state index contributed by atoms with van der Waals surface area (Å²) < 4.78 is 27.4. The Morgan fingerprint density at radius 1 is 0.677 bits per heavy atom. The lowest BCUT2D eigenvalue weighted by Gasteiger charge is -2.18. The maximum absolute atomic E-state index is 12.3. The van der Waals surface area contributed by atoms with Crippen molar-refractivity contribution in [3.05, 3.63) is 56.2 Å². The van der Waals surface area contributed by atoms with Gasteiger partial charge in [-0.3, -0.25) is 0 Å². The molecule has 8 heteroatoms. The molecule has 0 amide bonds. The molecule has 8 nitrogen and oxygen atoms in total. The lowest BCUT2D eigenvalue weighted by Crippen LogP contribution is -2.04. The van der Waals surface area contributed by atoms with E-state index >= 15 is 0 Å². The van der Waals surface area contributed by atoms with E-state index < -0.39 is 11.3 Å². The minimum Gasteiger partial charge on any atom is -0.507 e. The maximum atomic E-state index is 12.3. The molecule has 2 aromatic carbocycles. The Labute approximate surface area is 176 Å². The number of ether oxygens (including phenoxy) is 3. The zero-order valence-electron chi connectivity index (χ0n) is 17.6. The molecular weight excluding hydrogens is 404 g/mol. The molecule has 0 fully saturated rings. The Morgan fingerprint density at radius 3 is 1.61 bits per heavy atom. The highest BCUT2D eigenvalue weighted by Gasteiger charge is 2.26. The first-order valence-electron chi connectivity index (χ1n) is 9.34. The largest absolute Gasteiger partial charge is 0.507 e. The van der Waals surface area contributed by atoms with Crippen molar-refractivity contribution in [2.75, 3.05) is 21.3 Å². The van der Waals surface area contributed by atoms with Gasteiger partial charge in [0.25, 0.3) is 0 Å². The smallest absolute Gasteiger partial charge is 0.339 e. The quantitative estimate of drug-likeness (QED) is 0.491. The van der Waals surface area contributed by atoms with E-state index in [0.717, 1.165) is 5.56 Å². The predicted molar refractivity (Wildman–Crippen MR) is 115 cm³/mol. The second kappa shape index (κ2) is 7.39. The molecule has 160 valence electrons. The van der Waals surface area contributed by atoms with E-state index in [1.165, 1.54) is 39.5 Å². The van der Waals surface area contributed by atoms with Gasteiger partial charge in [-0.05, 0) is 37.1 Å². The highest BCUT2D eigenvalue weighted by Crippen LogP contribution is 2.48. The number of hydrogen-bond acceptors (Lipinski definition) is 8. The monoisotopic (exact) mass is 424 g/mol. The first kappa shape index (κ1) is 20.3. The van der Waals surface area contributed by atoms with Gasteiger partial charge in [0, 0.05) is 0 Å². The number of phenols is 1. The lowest BCUT2D eigenvalue weighted by molar-refractivity contribution is 0.408. The van der Waals surface area contributed by atoms with Gasteiger partial charge in [-0.25, -0.2) is 9.59 Å². The topological polar surface area (TPSA) is 108 Å². The summed E-state index contributed by atoms with van der Waals surface area (Å²) in [6.45, 7) is 3.56. The summed E-state index contributed by atoms with van der Waals surface area (Å²) in [5.74, 6) is 0.727. The number of fused-ring (bicyclic) bond motifs is 2. The molecule has 31 heavy (non-hydrogen) atoms. The van der Waals surface area contributed by atoms with Gasteiger partial charge in [-0.1, -0.05) is 0 Å². The number of phenolic OH excluding ortho intramolecular Hbond substituents is 1. The van der Waals surface area contributed by atoms with Crippen LogP contribution in [0.25, 0.3) is 33.1 Å². The van der Waals surface area contributed by atoms with Gasteiger partial charge >= 0.3 is 11.3 Å². The number of rotatable bonds is 4.